The van der Waals surface area contributed by atoms with E-state index in [0.29, 0.717) is 47.6 Å². The van der Waals surface area contributed by atoms with Crippen LogP contribution >= 0.6 is 22.7 Å². The van der Waals surface area contributed by atoms with E-state index >= 15 is 0 Å². The summed E-state index contributed by atoms with van der Waals surface area (Å²) in [5.41, 5.74) is 6.74. The van der Waals surface area contributed by atoms with E-state index in [-0.39, 0.29) is 5.56 Å². The van der Waals surface area contributed by atoms with Crippen LogP contribution in [0.1, 0.15) is 46.5 Å². The highest BCUT2D eigenvalue weighted by molar-refractivity contribution is 7.17. The summed E-state index contributed by atoms with van der Waals surface area (Å²) in [7, 11) is 0. The Hall–Kier alpha value is -3.11. The first-order valence-corrected chi connectivity index (χ1v) is 11.9. The number of hydrogen-bond acceptors (Lipinski definition) is 8. The first-order valence-electron chi connectivity index (χ1n) is 10.2. The highest BCUT2D eigenvalue weighted by Crippen LogP contribution is 2.39. The number of amides is 2. The minimum Gasteiger partial charge on any atom is -0.490 e. The van der Waals surface area contributed by atoms with E-state index in [4.69, 9.17) is 14.2 Å². The van der Waals surface area contributed by atoms with Gasteiger partial charge in [-0.05, 0) is 51.3 Å². The zero-order valence-corrected chi connectivity index (χ0v) is 19.9. The normalized spacial score (nSPS) is 10.5. The molecule has 2 aromatic heterocycles. The van der Waals surface area contributed by atoms with Crippen molar-refractivity contribution in [2.24, 2.45) is 0 Å². The molecular weight excluding hydrogens is 450 g/mol. The number of aryl methyl sites for hydroxylation is 1. The summed E-state index contributed by atoms with van der Waals surface area (Å²) in [4.78, 5) is 30.3. The molecule has 2 N–H and O–H groups in total. The number of aromatic nitrogens is 1. The van der Waals surface area contributed by atoms with Gasteiger partial charge < -0.3 is 14.2 Å². The molecule has 0 unspecified atom stereocenters. The van der Waals surface area contributed by atoms with Crippen molar-refractivity contribution in [2.45, 2.75) is 27.7 Å². The van der Waals surface area contributed by atoms with Crippen molar-refractivity contribution >= 4 is 34.5 Å². The largest absolute Gasteiger partial charge is 0.490 e. The highest BCUT2D eigenvalue weighted by Gasteiger charge is 2.20. The number of thiazole rings is 1. The maximum Gasteiger partial charge on any atom is 0.281 e. The average Bonchev–Trinajstić information content (AvgIpc) is 3.44. The van der Waals surface area contributed by atoms with E-state index in [9.17, 15) is 9.59 Å². The number of nitrogens with one attached hydrogen (secondary N) is 2. The quantitative estimate of drug-likeness (QED) is 0.444. The number of nitrogens with zero attached hydrogens (tertiary/aromatic N) is 1. The highest BCUT2D eigenvalue weighted by atomic mass is 32.1. The van der Waals surface area contributed by atoms with Gasteiger partial charge in [0.2, 0.25) is 5.75 Å². The predicted molar refractivity (Wildman–Crippen MR) is 125 cm³/mol. The van der Waals surface area contributed by atoms with Crippen molar-refractivity contribution < 1.29 is 23.8 Å². The lowest BCUT2D eigenvalue weighted by molar-refractivity contribution is 0.0848. The lowest BCUT2D eigenvalue weighted by atomic mass is 10.1. The van der Waals surface area contributed by atoms with Gasteiger partial charge in [-0.25, -0.2) is 4.98 Å². The molecule has 8 nitrogen and oxygen atoms in total. The van der Waals surface area contributed by atoms with Gasteiger partial charge in [-0.15, -0.1) is 11.3 Å². The Bertz CT molecular complexity index is 1050. The van der Waals surface area contributed by atoms with Crippen molar-refractivity contribution in [3.8, 4) is 27.8 Å². The standard InChI is InChI=1S/C22H25N3O5S2/c1-5-28-16-10-15(11-17(29-6-2)18(16)30-7-3)20(26)24-25-21(27)19-13(4)23-22(32-19)14-8-9-31-12-14/h8-12H,5-7H2,1-4H3,(H,24,26)(H,25,27). The zero-order valence-electron chi connectivity index (χ0n) is 18.3. The summed E-state index contributed by atoms with van der Waals surface area (Å²) < 4.78 is 16.9. The number of thiophene rings is 1. The van der Waals surface area contributed by atoms with Gasteiger partial charge in [0.15, 0.2) is 11.5 Å². The summed E-state index contributed by atoms with van der Waals surface area (Å²) >= 11 is 2.84. The molecule has 0 saturated heterocycles. The fraction of sp³-hybridized carbons (Fsp3) is 0.318. The molecule has 0 aliphatic rings. The summed E-state index contributed by atoms with van der Waals surface area (Å²) in [5.74, 6) is 0.295. The van der Waals surface area contributed by atoms with Crippen LogP contribution in [0, 0.1) is 6.92 Å². The van der Waals surface area contributed by atoms with E-state index in [0.717, 1.165) is 10.6 Å². The Balaban J connectivity index is 1.76. The topological polar surface area (TPSA) is 98.8 Å². The van der Waals surface area contributed by atoms with Crippen molar-refractivity contribution in [3.05, 3.63) is 45.1 Å². The number of hydrazine groups is 1. The van der Waals surface area contributed by atoms with Crippen LogP contribution in [-0.4, -0.2) is 36.6 Å². The fourth-order valence-electron chi connectivity index (χ4n) is 2.88. The van der Waals surface area contributed by atoms with Crippen molar-refractivity contribution in [1.82, 2.24) is 15.8 Å². The minimum atomic E-state index is -0.511. The molecule has 3 rings (SSSR count). The zero-order chi connectivity index (χ0) is 23.1. The number of carbonyl (C=O) groups excluding carboxylic acids is 2. The maximum atomic E-state index is 12.8. The molecule has 0 bridgehead atoms. The van der Waals surface area contributed by atoms with Gasteiger partial charge in [0, 0.05) is 16.5 Å². The molecule has 0 radical (unpaired) electrons. The Morgan fingerprint density at radius 2 is 1.59 bits per heavy atom. The summed E-state index contributed by atoms with van der Waals surface area (Å²) in [6, 6.07) is 5.07. The van der Waals surface area contributed by atoms with Crippen LogP contribution in [0.5, 0.6) is 17.2 Å². The Morgan fingerprint density at radius 3 is 2.16 bits per heavy atom. The molecule has 0 fully saturated rings. The summed E-state index contributed by atoms with van der Waals surface area (Å²) in [5, 5.41) is 4.68. The molecule has 0 aliphatic heterocycles. The maximum absolute atomic E-state index is 12.8. The number of rotatable bonds is 9. The van der Waals surface area contributed by atoms with E-state index in [1.165, 1.54) is 11.3 Å². The van der Waals surface area contributed by atoms with Crippen LogP contribution in [0.3, 0.4) is 0 Å². The Labute approximate surface area is 194 Å². The van der Waals surface area contributed by atoms with Crippen molar-refractivity contribution in [3.63, 3.8) is 0 Å². The van der Waals surface area contributed by atoms with Crippen LogP contribution in [0.25, 0.3) is 10.6 Å². The monoisotopic (exact) mass is 475 g/mol. The van der Waals surface area contributed by atoms with E-state index in [2.05, 4.69) is 15.8 Å². The molecule has 2 amide bonds. The Kier molecular flexibility index (Phi) is 8.07. The van der Waals surface area contributed by atoms with Gasteiger partial charge in [0.1, 0.15) is 9.88 Å². The number of benzene rings is 1. The second-order valence-electron chi connectivity index (χ2n) is 6.45. The van der Waals surface area contributed by atoms with Crippen LogP contribution < -0.4 is 25.1 Å². The molecule has 170 valence electrons. The molecule has 32 heavy (non-hydrogen) atoms. The second-order valence-corrected chi connectivity index (χ2v) is 8.23. The molecule has 10 heteroatoms. The SMILES string of the molecule is CCOc1cc(C(=O)NNC(=O)c2sc(-c3ccsc3)nc2C)cc(OCC)c1OCC. The van der Waals surface area contributed by atoms with Gasteiger partial charge in [-0.1, -0.05) is 0 Å². The van der Waals surface area contributed by atoms with E-state index in [1.54, 1.807) is 30.4 Å². The van der Waals surface area contributed by atoms with Gasteiger partial charge in [0.05, 0.1) is 25.5 Å². The molecule has 0 spiro atoms. The van der Waals surface area contributed by atoms with Crippen molar-refractivity contribution in [2.75, 3.05) is 19.8 Å². The summed E-state index contributed by atoms with van der Waals surface area (Å²) in [6.07, 6.45) is 0. The number of ether oxygens (including phenoxy) is 3. The number of hydrogen-bond donors (Lipinski definition) is 2. The first kappa shape index (κ1) is 23.6. The van der Waals surface area contributed by atoms with Gasteiger partial charge in [-0.3, -0.25) is 20.4 Å². The van der Waals surface area contributed by atoms with Crippen molar-refractivity contribution in [1.29, 1.82) is 0 Å². The number of carbonyl (C=O) groups is 2. The van der Waals surface area contributed by atoms with E-state index < -0.39 is 11.8 Å². The third kappa shape index (κ3) is 5.38. The lowest BCUT2D eigenvalue weighted by Gasteiger charge is -2.17. The van der Waals surface area contributed by atoms with E-state index in [1.807, 2.05) is 37.6 Å². The smallest absolute Gasteiger partial charge is 0.281 e. The van der Waals surface area contributed by atoms with Gasteiger partial charge in [-0.2, -0.15) is 11.3 Å². The van der Waals surface area contributed by atoms with Crippen LogP contribution in [0.4, 0.5) is 0 Å². The van der Waals surface area contributed by atoms with Crippen LogP contribution in [-0.2, 0) is 0 Å². The molecule has 0 aliphatic carbocycles. The van der Waals surface area contributed by atoms with Crippen LogP contribution in [0.2, 0.25) is 0 Å². The lowest BCUT2D eigenvalue weighted by Crippen LogP contribution is -2.41. The fourth-order valence-corrected chi connectivity index (χ4v) is 4.55. The molecule has 0 saturated carbocycles. The summed E-state index contributed by atoms with van der Waals surface area (Å²) in [6.45, 7) is 8.50. The molecule has 1 aromatic carbocycles. The molecule has 3 aromatic rings. The predicted octanol–water partition coefficient (Wildman–Crippen LogP) is 4.45. The second kappa shape index (κ2) is 11.0. The third-order valence-electron chi connectivity index (χ3n) is 4.23. The third-order valence-corrected chi connectivity index (χ3v) is 6.12. The Morgan fingerprint density at radius 1 is 0.969 bits per heavy atom. The molecular formula is C22H25N3O5S2. The van der Waals surface area contributed by atoms with Gasteiger partial charge >= 0.3 is 0 Å². The minimum absolute atomic E-state index is 0.264. The van der Waals surface area contributed by atoms with Crippen LogP contribution in [0.15, 0.2) is 29.0 Å². The molecule has 0 atom stereocenters. The molecule has 2 heterocycles. The average molecular weight is 476 g/mol. The first-order chi connectivity index (χ1) is 15.5. The van der Waals surface area contributed by atoms with Gasteiger partial charge in [0.25, 0.3) is 11.8 Å².